The molecule has 1 atom stereocenters. The SMILES string of the molecule is FC(F)(F)c1ccc(C2CCN(CCC3CCCc4sccc43)CC2)cc1. The fraction of sp³-hybridized carbons (Fsp3) is 0.545. The summed E-state index contributed by atoms with van der Waals surface area (Å²) in [5, 5.41) is 2.23. The molecule has 27 heavy (non-hydrogen) atoms. The van der Waals surface area contributed by atoms with Crippen molar-refractivity contribution in [2.75, 3.05) is 19.6 Å². The Morgan fingerprint density at radius 2 is 1.74 bits per heavy atom. The van der Waals surface area contributed by atoms with Crippen LogP contribution in [0, 0.1) is 0 Å². The second kappa shape index (κ2) is 7.96. The summed E-state index contributed by atoms with van der Waals surface area (Å²) in [6.45, 7) is 3.24. The fourth-order valence-corrected chi connectivity index (χ4v) is 5.67. The maximum atomic E-state index is 12.7. The molecule has 1 nitrogen and oxygen atoms in total. The summed E-state index contributed by atoms with van der Waals surface area (Å²) in [6.07, 6.45) is 2.94. The van der Waals surface area contributed by atoms with Gasteiger partial charge in [0.25, 0.3) is 0 Å². The van der Waals surface area contributed by atoms with Gasteiger partial charge in [-0.25, -0.2) is 0 Å². The summed E-state index contributed by atoms with van der Waals surface area (Å²) in [6, 6.07) is 8.11. The van der Waals surface area contributed by atoms with Crippen LogP contribution in [0.5, 0.6) is 0 Å². The van der Waals surface area contributed by atoms with Crippen LogP contribution in [0.1, 0.15) is 65.5 Å². The molecule has 2 aliphatic rings. The molecule has 1 fully saturated rings. The van der Waals surface area contributed by atoms with Crippen molar-refractivity contribution in [2.24, 2.45) is 0 Å². The number of piperidine rings is 1. The summed E-state index contributed by atoms with van der Waals surface area (Å²) in [5.41, 5.74) is 2.09. The smallest absolute Gasteiger partial charge is 0.303 e. The molecule has 1 aliphatic carbocycles. The van der Waals surface area contributed by atoms with Gasteiger partial charge in [0.15, 0.2) is 0 Å². The summed E-state index contributed by atoms with van der Waals surface area (Å²) in [5.74, 6) is 1.11. The Labute approximate surface area is 163 Å². The highest BCUT2D eigenvalue weighted by molar-refractivity contribution is 7.10. The van der Waals surface area contributed by atoms with E-state index in [2.05, 4.69) is 16.3 Å². The van der Waals surface area contributed by atoms with Crippen molar-refractivity contribution in [2.45, 2.75) is 56.5 Å². The maximum Gasteiger partial charge on any atom is 0.416 e. The third-order valence-corrected chi connectivity index (χ3v) is 7.26. The second-order valence-corrected chi connectivity index (χ2v) is 8.91. The van der Waals surface area contributed by atoms with E-state index >= 15 is 0 Å². The molecule has 4 rings (SSSR count). The average molecular weight is 394 g/mol. The van der Waals surface area contributed by atoms with Gasteiger partial charge in [0, 0.05) is 4.88 Å². The Morgan fingerprint density at radius 3 is 2.44 bits per heavy atom. The zero-order valence-corrected chi connectivity index (χ0v) is 16.3. The number of thiophene rings is 1. The lowest BCUT2D eigenvalue weighted by Gasteiger charge is -2.33. The van der Waals surface area contributed by atoms with Crippen LogP contribution < -0.4 is 0 Å². The van der Waals surface area contributed by atoms with E-state index in [0.29, 0.717) is 11.8 Å². The third kappa shape index (κ3) is 4.40. The molecule has 1 unspecified atom stereocenters. The van der Waals surface area contributed by atoms with Crippen molar-refractivity contribution in [3.63, 3.8) is 0 Å². The van der Waals surface area contributed by atoms with E-state index in [4.69, 9.17) is 0 Å². The van der Waals surface area contributed by atoms with E-state index in [9.17, 15) is 13.2 Å². The molecule has 2 heterocycles. The van der Waals surface area contributed by atoms with Crippen LogP contribution in [-0.4, -0.2) is 24.5 Å². The first-order chi connectivity index (χ1) is 13.0. The van der Waals surface area contributed by atoms with Gasteiger partial charge >= 0.3 is 6.18 Å². The minimum atomic E-state index is -4.25. The minimum absolute atomic E-state index is 0.390. The molecule has 2 aromatic rings. The molecule has 0 radical (unpaired) electrons. The first kappa shape index (κ1) is 19.0. The lowest BCUT2D eigenvalue weighted by molar-refractivity contribution is -0.137. The first-order valence-corrected chi connectivity index (χ1v) is 10.8. The number of benzene rings is 1. The van der Waals surface area contributed by atoms with Crippen molar-refractivity contribution in [3.05, 3.63) is 57.3 Å². The second-order valence-electron chi connectivity index (χ2n) is 7.91. The predicted octanol–water partition coefficient (Wildman–Crippen LogP) is 6.46. The number of nitrogens with zero attached hydrogens (tertiary/aromatic N) is 1. The molecule has 0 N–H and O–H groups in total. The van der Waals surface area contributed by atoms with E-state index in [1.54, 1.807) is 22.6 Å². The Morgan fingerprint density at radius 1 is 1.00 bits per heavy atom. The van der Waals surface area contributed by atoms with Gasteiger partial charge < -0.3 is 4.90 Å². The van der Waals surface area contributed by atoms with Crippen LogP contribution >= 0.6 is 11.3 Å². The number of fused-ring (bicyclic) bond motifs is 1. The number of aryl methyl sites for hydroxylation is 1. The van der Waals surface area contributed by atoms with E-state index < -0.39 is 11.7 Å². The number of alkyl halides is 3. The lowest BCUT2D eigenvalue weighted by Crippen LogP contribution is -2.34. The lowest BCUT2D eigenvalue weighted by atomic mass is 9.85. The number of likely N-dealkylation sites (tertiary alicyclic amines) is 1. The highest BCUT2D eigenvalue weighted by Gasteiger charge is 2.30. The molecular weight excluding hydrogens is 367 g/mol. The maximum absolute atomic E-state index is 12.7. The molecule has 1 aliphatic heterocycles. The van der Waals surface area contributed by atoms with Crippen LogP contribution in [0.15, 0.2) is 35.7 Å². The summed E-state index contributed by atoms with van der Waals surface area (Å²) in [7, 11) is 0. The van der Waals surface area contributed by atoms with Crippen molar-refractivity contribution in [1.82, 2.24) is 4.90 Å². The molecule has 5 heteroatoms. The normalized spacial score (nSPS) is 22.0. The molecule has 1 aromatic heterocycles. The van der Waals surface area contributed by atoms with Crippen molar-refractivity contribution < 1.29 is 13.2 Å². The first-order valence-electron chi connectivity index (χ1n) is 9.96. The average Bonchev–Trinajstić information content (AvgIpc) is 3.16. The summed E-state index contributed by atoms with van der Waals surface area (Å²) >= 11 is 1.91. The molecule has 1 saturated heterocycles. The largest absolute Gasteiger partial charge is 0.416 e. The standard InChI is InChI=1S/C22H26F3NS/c23-22(24,25)19-6-4-16(5-7-19)17-8-12-26(13-9-17)14-10-18-2-1-3-21-20(18)11-15-27-21/h4-7,11,15,17-18H,1-3,8-10,12-14H2. The highest BCUT2D eigenvalue weighted by Crippen LogP contribution is 2.38. The quantitative estimate of drug-likeness (QED) is 0.576. The number of rotatable bonds is 4. The topological polar surface area (TPSA) is 3.24 Å². The number of halogens is 3. The molecular formula is C22H26F3NS. The number of hydrogen-bond acceptors (Lipinski definition) is 2. The van der Waals surface area contributed by atoms with Gasteiger partial charge in [-0.3, -0.25) is 0 Å². The zero-order valence-electron chi connectivity index (χ0n) is 15.5. The molecule has 0 saturated carbocycles. The minimum Gasteiger partial charge on any atom is -0.303 e. The van der Waals surface area contributed by atoms with Crippen molar-refractivity contribution in [3.8, 4) is 0 Å². The highest BCUT2D eigenvalue weighted by atomic mass is 32.1. The van der Waals surface area contributed by atoms with E-state index in [1.165, 1.54) is 37.8 Å². The Kier molecular flexibility index (Phi) is 5.60. The molecule has 1 aromatic carbocycles. The molecule has 146 valence electrons. The van der Waals surface area contributed by atoms with Gasteiger partial charge in [-0.05, 0) is 105 Å². The van der Waals surface area contributed by atoms with Crippen LogP contribution in [0.4, 0.5) is 13.2 Å². The Bertz CT molecular complexity index is 742. The van der Waals surface area contributed by atoms with Crippen LogP contribution in [0.25, 0.3) is 0 Å². The van der Waals surface area contributed by atoms with Crippen molar-refractivity contribution in [1.29, 1.82) is 0 Å². The Hall–Kier alpha value is -1.33. The van der Waals surface area contributed by atoms with E-state index in [-0.39, 0.29) is 0 Å². The number of hydrogen-bond donors (Lipinski definition) is 0. The van der Waals surface area contributed by atoms with Gasteiger partial charge in [-0.2, -0.15) is 13.2 Å². The van der Waals surface area contributed by atoms with Crippen LogP contribution in [0.3, 0.4) is 0 Å². The van der Waals surface area contributed by atoms with E-state index in [1.807, 2.05) is 11.3 Å². The van der Waals surface area contributed by atoms with Crippen LogP contribution in [-0.2, 0) is 12.6 Å². The summed E-state index contributed by atoms with van der Waals surface area (Å²) < 4.78 is 38.2. The van der Waals surface area contributed by atoms with Gasteiger partial charge in [0.05, 0.1) is 5.56 Å². The fourth-order valence-electron chi connectivity index (χ4n) is 4.65. The molecule has 0 bridgehead atoms. The zero-order chi connectivity index (χ0) is 18.9. The van der Waals surface area contributed by atoms with Crippen molar-refractivity contribution >= 4 is 11.3 Å². The third-order valence-electron chi connectivity index (χ3n) is 6.27. The summed E-state index contributed by atoms with van der Waals surface area (Å²) in [4.78, 5) is 4.13. The Balaban J connectivity index is 1.27. The predicted molar refractivity (Wildman–Crippen MR) is 104 cm³/mol. The monoisotopic (exact) mass is 393 g/mol. The van der Waals surface area contributed by atoms with Gasteiger partial charge in [-0.15, -0.1) is 11.3 Å². The van der Waals surface area contributed by atoms with Gasteiger partial charge in [0.1, 0.15) is 0 Å². The van der Waals surface area contributed by atoms with Gasteiger partial charge in [-0.1, -0.05) is 12.1 Å². The van der Waals surface area contributed by atoms with Crippen LogP contribution in [0.2, 0.25) is 0 Å². The van der Waals surface area contributed by atoms with Gasteiger partial charge in [0.2, 0.25) is 0 Å². The molecule has 0 spiro atoms. The molecule has 0 amide bonds. The van der Waals surface area contributed by atoms with E-state index in [0.717, 1.165) is 38.0 Å².